The lowest BCUT2D eigenvalue weighted by Gasteiger charge is -2.17. The summed E-state index contributed by atoms with van der Waals surface area (Å²) in [6.45, 7) is 0.828. The maximum Gasteiger partial charge on any atom is 0.258 e. The van der Waals surface area contributed by atoms with Crippen molar-refractivity contribution in [3.05, 3.63) is 65.7 Å². The Balaban J connectivity index is 1.49. The summed E-state index contributed by atoms with van der Waals surface area (Å²) in [5.41, 5.74) is 1.44. The van der Waals surface area contributed by atoms with Gasteiger partial charge in [-0.05, 0) is 17.7 Å². The number of ether oxygens (including phenoxy) is 1. The van der Waals surface area contributed by atoms with E-state index in [4.69, 9.17) is 10.00 Å². The Hall–Kier alpha value is -3.33. The second-order valence-electron chi connectivity index (χ2n) is 6.13. The number of para-hydroxylation sites is 1. The van der Waals surface area contributed by atoms with Crippen molar-refractivity contribution in [1.82, 2.24) is 10.2 Å². The molecule has 1 heterocycles. The Bertz CT molecular complexity index is 830. The van der Waals surface area contributed by atoms with E-state index in [0.29, 0.717) is 24.4 Å². The van der Waals surface area contributed by atoms with E-state index in [1.54, 1.807) is 29.2 Å². The first-order valence-electron chi connectivity index (χ1n) is 8.38. The molecule has 1 aliphatic rings. The van der Waals surface area contributed by atoms with Gasteiger partial charge in [-0.15, -0.1) is 0 Å². The van der Waals surface area contributed by atoms with E-state index in [1.165, 1.54) is 0 Å². The van der Waals surface area contributed by atoms with Crippen LogP contribution in [0.3, 0.4) is 0 Å². The quantitative estimate of drug-likeness (QED) is 0.863. The fraction of sp³-hybridized carbons (Fsp3) is 0.250. The molecule has 1 aliphatic heterocycles. The lowest BCUT2D eigenvalue weighted by molar-refractivity contribution is -0.128. The Morgan fingerprint density at radius 3 is 2.69 bits per heavy atom. The maximum absolute atomic E-state index is 12.1. The Morgan fingerprint density at radius 2 is 1.92 bits per heavy atom. The standard InChI is InChI=1S/C20H19N3O3/c21-11-16-8-4-5-9-18(16)26-14-19(24)22-17-10-20(25)23(13-17)12-15-6-2-1-3-7-15/h1-9,17H,10,12-14H2,(H,22,24)/t17-/m0/s1. The van der Waals surface area contributed by atoms with Crippen LogP contribution in [0.1, 0.15) is 17.5 Å². The molecule has 2 aromatic carbocycles. The van der Waals surface area contributed by atoms with Crippen molar-refractivity contribution in [2.24, 2.45) is 0 Å². The van der Waals surface area contributed by atoms with Crippen LogP contribution < -0.4 is 10.1 Å². The molecule has 0 saturated carbocycles. The summed E-state index contributed by atoms with van der Waals surface area (Å²) in [6, 6.07) is 18.3. The molecule has 6 nitrogen and oxygen atoms in total. The van der Waals surface area contributed by atoms with Crippen LogP contribution >= 0.6 is 0 Å². The van der Waals surface area contributed by atoms with E-state index in [1.807, 2.05) is 36.4 Å². The number of likely N-dealkylation sites (tertiary alicyclic amines) is 1. The third kappa shape index (κ3) is 4.39. The van der Waals surface area contributed by atoms with Gasteiger partial charge in [-0.2, -0.15) is 5.26 Å². The zero-order valence-electron chi connectivity index (χ0n) is 14.2. The number of benzene rings is 2. The number of hydrogen-bond acceptors (Lipinski definition) is 4. The van der Waals surface area contributed by atoms with Crippen LogP contribution in [0.25, 0.3) is 0 Å². The second kappa shape index (κ2) is 8.17. The van der Waals surface area contributed by atoms with Crippen molar-refractivity contribution < 1.29 is 14.3 Å². The molecule has 3 rings (SSSR count). The molecular formula is C20H19N3O3. The number of amides is 2. The highest BCUT2D eigenvalue weighted by Crippen LogP contribution is 2.17. The van der Waals surface area contributed by atoms with Gasteiger partial charge in [-0.25, -0.2) is 0 Å². The summed E-state index contributed by atoms with van der Waals surface area (Å²) >= 11 is 0. The summed E-state index contributed by atoms with van der Waals surface area (Å²) in [5.74, 6) is 0.0883. The summed E-state index contributed by atoms with van der Waals surface area (Å²) in [4.78, 5) is 26.0. The largest absolute Gasteiger partial charge is 0.482 e. The first kappa shape index (κ1) is 17.5. The third-order valence-electron chi connectivity index (χ3n) is 4.16. The number of nitrogens with zero attached hydrogens (tertiary/aromatic N) is 2. The van der Waals surface area contributed by atoms with Crippen molar-refractivity contribution in [2.45, 2.75) is 19.0 Å². The Kier molecular flexibility index (Phi) is 5.49. The average Bonchev–Trinajstić information content (AvgIpc) is 3.00. The Morgan fingerprint density at radius 1 is 1.19 bits per heavy atom. The number of carbonyl (C=O) groups is 2. The first-order chi connectivity index (χ1) is 12.7. The molecular weight excluding hydrogens is 330 g/mol. The van der Waals surface area contributed by atoms with Crippen LogP contribution in [0.15, 0.2) is 54.6 Å². The minimum atomic E-state index is -0.308. The minimum Gasteiger partial charge on any atom is -0.482 e. The molecule has 0 unspecified atom stereocenters. The van der Waals surface area contributed by atoms with Crippen LogP contribution in [0.5, 0.6) is 5.75 Å². The van der Waals surface area contributed by atoms with Crippen LogP contribution in [0.2, 0.25) is 0 Å². The predicted molar refractivity (Wildman–Crippen MR) is 95.1 cm³/mol. The summed E-state index contributed by atoms with van der Waals surface area (Å²) in [6.07, 6.45) is 0.285. The molecule has 1 N–H and O–H groups in total. The van der Waals surface area contributed by atoms with Crippen molar-refractivity contribution >= 4 is 11.8 Å². The van der Waals surface area contributed by atoms with Crippen LogP contribution in [0, 0.1) is 11.3 Å². The van der Waals surface area contributed by atoms with Gasteiger partial charge in [0.15, 0.2) is 6.61 Å². The molecule has 1 atom stereocenters. The highest BCUT2D eigenvalue weighted by molar-refractivity contribution is 5.82. The maximum atomic E-state index is 12.1. The van der Waals surface area contributed by atoms with Gasteiger partial charge in [-0.3, -0.25) is 9.59 Å². The van der Waals surface area contributed by atoms with Crippen molar-refractivity contribution in [3.63, 3.8) is 0 Å². The molecule has 0 aromatic heterocycles. The lowest BCUT2D eigenvalue weighted by Crippen LogP contribution is -2.39. The molecule has 0 aliphatic carbocycles. The Labute approximate surface area is 152 Å². The smallest absolute Gasteiger partial charge is 0.258 e. The van der Waals surface area contributed by atoms with Gasteiger partial charge in [0, 0.05) is 19.5 Å². The molecule has 2 amide bonds. The highest BCUT2D eigenvalue weighted by Gasteiger charge is 2.30. The number of nitriles is 1. The van der Waals surface area contributed by atoms with Gasteiger partial charge < -0.3 is 15.0 Å². The van der Waals surface area contributed by atoms with E-state index < -0.39 is 0 Å². The zero-order valence-corrected chi connectivity index (χ0v) is 14.2. The summed E-state index contributed by atoms with van der Waals surface area (Å²) < 4.78 is 5.42. The average molecular weight is 349 g/mol. The third-order valence-corrected chi connectivity index (χ3v) is 4.16. The van der Waals surface area contributed by atoms with E-state index in [-0.39, 0.29) is 30.9 Å². The zero-order chi connectivity index (χ0) is 18.4. The van der Waals surface area contributed by atoms with Gasteiger partial charge in [0.1, 0.15) is 11.8 Å². The van der Waals surface area contributed by atoms with Crippen LogP contribution in [0.4, 0.5) is 0 Å². The summed E-state index contributed by atoms with van der Waals surface area (Å²) in [7, 11) is 0. The van der Waals surface area contributed by atoms with Crippen molar-refractivity contribution in [1.29, 1.82) is 5.26 Å². The molecule has 0 bridgehead atoms. The topological polar surface area (TPSA) is 82.4 Å². The first-order valence-corrected chi connectivity index (χ1v) is 8.38. The molecule has 1 fully saturated rings. The monoisotopic (exact) mass is 349 g/mol. The lowest BCUT2D eigenvalue weighted by atomic mass is 10.2. The minimum absolute atomic E-state index is 0.0231. The normalized spacial score (nSPS) is 16.2. The number of rotatable bonds is 6. The molecule has 2 aromatic rings. The fourth-order valence-corrected chi connectivity index (χ4v) is 2.92. The van der Waals surface area contributed by atoms with Gasteiger partial charge in [-0.1, -0.05) is 42.5 Å². The molecule has 0 radical (unpaired) electrons. The molecule has 1 saturated heterocycles. The second-order valence-corrected chi connectivity index (χ2v) is 6.13. The van der Waals surface area contributed by atoms with Gasteiger partial charge in [0.25, 0.3) is 5.91 Å². The van der Waals surface area contributed by atoms with Gasteiger partial charge in [0.2, 0.25) is 5.91 Å². The number of nitrogens with one attached hydrogen (secondary N) is 1. The summed E-state index contributed by atoms with van der Waals surface area (Å²) in [5, 5.41) is 11.8. The number of carbonyl (C=O) groups excluding carboxylic acids is 2. The number of hydrogen-bond donors (Lipinski definition) is 1. The van der Waals surface area contributed by atoms with E-state index >= 15 is 0 Å². The van der Waals surface area contributed by atoms with Crippen LogP contribution in [-0.2, 0) is 16.1 Å². The van der Waals surface area contributed by atoms with Crippen molar-refractivity contribution in [2.75, 3.05) is 13.2 Å². The molecule has 26 heavy (non-hydrogen) atoms. The molecule has 6 heteroatoms. The van der Waals surface area contributed by atoms with E-state index in [9.17, 15) is 9.59 Å². The van der Waals surface area contributed by atoms with Crippen molar-refractivity contribution in [3.8, 4) is 11.8 Å². The molecule has 132 valence electrons. The van der Waals surface area contributed by atoms with E-state index in [2.05, 4.69) is 5.32 Å². The van der Waals surface area contributed by atoms with E-state index in [0.717, 1.165) is 5.56 Å². The van der Waals surface area contributed by atoms with Crippen LogP contribution in [-0.4, -0.2) is 35.9 Å². The predicted octanol–water partition coefficient (Wildman–Crippen LogP) is 1.85. The molecule has 0 spiro atoms. The fourth-order valence-electron chi connectivity index (χ4n) is 2.92. The van der Waals surface area contributed by atoms with Gasteiger partial charge in [0.05, 0.1) is 11.6 Å². The SMILES string of the molecule is N#Cc1ccccc1OCC(=O)N[C@H]1CC(=O)N(Cc2ccccc2)C1. The highest BCUT2D eigenvalue weighted by atomic mass is 16.5. The van der Waals surface area contributed by atoms with Gasteiger partial charge >= 0.3 is 0 Å².